The summed E-state index contributed by atoms with van der Waals surface area (Å²) >= 11 is 0. The van der Waals surface area contributed by atoms with E-state index in [0.29, 0.717) is 0 Å². The quantitative estimate of drug-likeness (QED) is 0.485. The summed E-state index contributed by atoms with van der Waals surface area (Å²) in [6.07, 6.45) is 10.2. The van der Waals surface area contributed by atoms with Gasteiger partial charge in [-0.3, -0.25) is 0 Å². The minimum atomic E-state index is 1.28. The Morgan fingerprint density at radius 1 is 0.444 bits per heavy atom. The first-order chi connectivity index (χ1) is 9.00. The van der Waals surface area contributed by atoms with Crippen LogP contribution in [0.1, 0.15) is 0 Å². The van der Waals surface area contributed by atoms with Gasteiger partial charge in [0.2, 0.25) is 0 Å². The van der Waals surface area contributed by atoms with Crippen LogP contribution in [-0.2, 0) is 0 Å². The Labute approximate surface area is 102 Å². The van der Waals surface area contributed by atoms with E-state index < -0.39 is 0 Å². The van der Waals surface area contributed by atoms with E-state index in [2.05, 4.69) is 51.0 Å². The number of aromatic nitrogens is 10. The fraction of sp³-hybridized carbons (Fsp3) is 0. The Morgan fingerprint density at radius 2 is 1.06 bits per heavy atom. The molecule has 0 aromatic carbocycles. The van der Waals surface area contributed by atoms with Gasteiger partial charge in [0.15, 0.2) is 12.7 Å². The van der Waals surface area contributed by atoms with Gasteiger partial charge in [-0.1, -0.05) is 0 Å². The summed E-state index contributed by atoms with van der Waals surface area (Å²) in [6, 6.07) is 1.72. The number of hydrogen-bond acceptors (Lipinski definition) is 10. The highest BCUT2D eigenvalue weighted by atomic mass is 15.3. The summed E-state index contributed by atoms with van der Waals surface area (Å²) in [4.78, 5) is 3.61. The van der Waals surface area contributed by atoms with Gasteiger partial charge in [0.1, 0.15) is 6.33 Å². The molecule has 10 heteroatoms. The zero-order valence-corrected chi connectivity index (χ0v) is 9.09. The Balaban J connectivity index is 0.000000135. The molecule has 10 nitrogen and oxygen atoms in total. The van der Waals surface area contributed by atoms with Crippen molar-refractivity contribution in [3.8, 4) is 0 Å². The van der Waals surface area contributed by atoms with E-state index in [-0.39, 0.29) is 0 Å². The van der Waals surface area contributed by atoms with E-state index >= 15 is 0 Å². The molecule has 0 atom stereocenters. The lowest BCUT2D eigenvalue weighted by Gasteiger charge is -1.69. The van der Waals surface area contributed by atoms with Crippen molar-refractivity contribution in [2.24, 2.45) is 0 Å². The number of hydrogen-bond donors (Lipinski definition) is 0. The maximum Gasteiger partial charge on any atom is 0.160 e. The molecule has 3 rings (SSSR count). The van der Waals surface area contributed by atoms with E-state index in [9.17, 15) is 0 Å². The van der Waals surface area contributed by atoms with Gasteiger partial charge in [-0.15, -0.1) is 35.7 Å². The zero-order chi connectivity index (χ0) is 12.7. The van der Waals surface area contributed by atoms with E-state index in [1.807, 2.05) is 0 Å². The van der Waals surface area contributed by atoms with Crippen molar-refractivity contribution in [3.05, 3.63) is 49.8 Å². The molecule has 3 aromatic rings. The van der Waals surface area contributed by atoms with Gasteiger partial charge in [-0.2, -0.15) is 5.10 Å². The molecule has 3 aromatic heterocycles. The van der Waals surface area contributed by atoms with Gasteiger partial charge in [0.25, 0.3) is 0 Å². The van der Waals surface area contributed by atoms with Crippen LogP contribution in [0.2, 0.25) is 0 Å². The molecule has 18 heavy (non-hydrogen) atoms. The second-order valence-corrected chi connectivity index (χ2v) is 2.30. The minimum absolute atomic E-state index is 1.28. The summed E-state index contributed by atoms with van der Waals surface area (Å²) in [5.74, 6) is 0. The highest BCUT2D eigenvalue weighted by Crippen LogP contribution is 1.62. The monoisotopic (exact) mass is 244 g/mol. The second kappa shape index (κ2) is 10.5. The van der Waals surface area contributed by atoms with E-state index in [4.69, 9.17) is 0 Å². The Kier molecular flexibility index (Phi) is 7.58. The molecule has 90 valence electrons. The molecule has 0 unspecified atom stereocenters. The van der Waals surface area contributed by atoms with Crippen LogP contribution in [0.4, 0.5) is 0 Å². The summed E-state index contributed by atoms with van der Waals surface area (Å²) in [6.45, 7) is 0. The smallest absolute Gasteiger partial charge is 0.160 e. The fourth-order valence-corrected chi connectivity index (χ4v) is 0.575. The second-order valence-electron chi connectivity index (χ2n) is 2.30. The van der Waals surface area contributed by atoms with Crippen LogP contribution in [0, 0.1) is 0 Å². The zero-order valence-electron chi connectivity index (χ0n) is 9.09. The molecule has 0 N–H and O–H groups in total. The lowest BCUT2D eigenvalue weighted by molar-refractivity contribution is 0.853. The maximum absolute atomic E-state index is 3.61. The third kappa shape index (κ3) is 8.28. The van der Waals surface area contributed by atoms with Gasteiger partial charge in [-0.05, 0) is 11.3 Å². The summed E-state index contributed by atoms with van der Waals surface area (Å²) < 4.78 is 0. The van der Waals surface area contributed by atoms with Crippen LogP contribution in [0.25, 0.3) is 0 Å². The molecular formula is C8H8N10. The van der Waals surface area contributed by atoms with Crippen molar-refractivity contribution in [1.82, 2.24) is 51.0 Å². The molecule has 3 heterocycles. The highest BCUT2D eigenvalue weighted by molar-refractivity contribution is 4.69. The molecular weight excluding hydrogens is 236 g/mol. The first kappa shape index (κ1) is 13.0. The van der Waals surface area contributed by atoms with E-state index in [0.717, 1.165) is 0 Å². The van der Waals surface area contributed by atoms with Crippen LogP contribution in [0.15, 0.2) is 49.8 Å². The normalized spacial score (nSPS) is 8.00. The number of rotatable bonds is 0. The van der Waals surface area contributed by atoms with Crippen LogP contribution in [-0.4, -0.2) is 51.0 Å². The summed E-state index contributed by atoms with van der Waals surface area (Å²) in [5, 5.41) is 30.5. The molecule has 0 radical (unpaired) electrons. The summed E-state index contributed by atoms with van der Waals surface area (Å²) in [5.41, 5.74) is 0. The number of nitrogens with zero attached hydrogens (tertiary/aromatic N) is 10. The Morgan fingerprint density at radius 3 is 1.22 bits per heavy atom. The van der Waals surface area contributed by atoms with Gasteiger partial charge in [0, 0.05) is 6.20 Å². The molecule has 0 spiro atoms. The van der Waals surface area contributed by atoms with E-state index in [1.165, 1.54) is 25.2 Å². The molecule has 0 amide bonds. The Bertz CT molecular complexity index is 309. The Hall–Kier alpha value is -3.04. The fourth-order valence-electron chi connectivity index (χ4n) is 0.575. The van der Waals surface area contributed by atoms with Gasteiger partial charge in [0.05, 0.1) is 18.6 Å². The van der Waals surface area contributed by atoms with Crippen molar-refractivity contribution >= 4 is 0 Å². The molecule has 0 aliphatic heterocycles. The minimum Gasteiger partial charge on any atom is -0.241 e. The standard InChI is InChI=1S/2C3H3N3.C2H2N4/c1-2-5-6-3-4-1;1-2-4-6-5-3-1;1-3-5-2-6-4-1/h2*1-3H;1-2H. The van der Waals surface area contributed by atoms with Crippen LogP contribution < -0.4 is 0 Å². The van der Waals surface area contributed by atoms with Crippen LogP contribution >= 0.6 is 0 Å². The third-order valence-corrected chi connectivity index (χ3v) is 1.15. The SMILES string of the molecule is c1cnncn1.c1cnnnc1.c1nncnn1. The molecule has 0 saturated heterocycles. The molecule has 0 bridgehead atoms. The largest absolute Gasteiger partial charge is 0.241 e. The van der Waals surface area contributed by atoms with E-state index in [1.54, 1.807) is 24.7 Å². The van der Waals surface area contributed by atoms with Crippen LogP contribution in [0.3, 0.4) is 0 Å². The molecule has 0 saturated carbocycles. The molecule has 0 fully saturated rings. The highest BCUT2D eigenvalue weighted by Gasteiger charge is 1.61. The lowest BCUT2D eigenvalue weighted by Crippen LogP contribution is -1.81. The molecule has 0 aliphatic carbocycles. The predicted octanol–water partition coefficient (Wildman–Crippen LogP) is -0.990. The third-order valence-electron chi connectivity index (χ3n) is 1.15. The van der Waals surface area contributed by atoms with Crippen LogP contribution in [0.5, 0.6) is 0 Å². The van der Waals surface area contributed by atoms with Crippen molar-refractivity contribution in [2.75, 3.05) is 0 Å². The van der Waals surface area contributed by atoms with Crippen molar-refractivity contribution in [2.45, 2.75) is 0 Å². The topological polar surface area (TPSA) is 129 Å². The predicted molar refractivity (Wildman–Crippen MR) is 57.3 cm³/mol. The van der Waals surface area contributed by atoms with Gasteiger partial charge in [-0.25, -0.2) is 4.98 Å². The first-order valence-corrected chi connectivity index (χ1v) is 4.58. The maximum atomic E-state index is 3.61. The lowest BCUT2D eigenvalue weighted by atomic mass is 10.7. The average molecular weight is 244 g/mol. The summed E-state index contributed by atoms with van der Waals surface area (Å²) in [7, 11) is 0. The first-order valence-electron chi connectivity index (χ1n) is 4.58. The van der Waals surface area contributed by atoms with Gasteiger partial charge < -0.3 is 0 Å². The average Bonchev–Trinajstić information content (AvgIpc) is 2.54. The van der Waals surface area contributed by atoms with Crippen molar-refractivity contribution < 1.29 is 0 Å². The van der Waals surface area contributed by atoms with Crippen molar-refractivity contribution in [1.29, 1.82) is 0 Å². The van der Waals surface area contributed by atoms with Gasteiger partial charge >= 0.3 is 0 Å². The van der Waals surface area contributed by atoms with Crippen molar-refractivity contribution in [3.63, 3.8) is 0 Å². The molecule has 0 aliphatic rings.